The van der Waals surface area contributed by atoms with E-state index in [2.05, 4.69) is 5.32 Å². The average molecular weight is 584 g/mol. The standard InChI is InChI=1S/C31H38ClN3O4S/c1-22-13-12-18-27(23(22)2)35(40(6,38)39)21-29(36)34(20-25-16-10-11-17-26(25)32)28(30(37)33-31(3,4)5)19-24-14-8-7-9-15-24/h7-18,28H,19-21H2,1-6H3,(H,33,37)/t28-/m1/s1. The number of aryl methyl sites for hydroxylation is 1. The molecule has 0 fully saturated rings. The lowest BCUT2D eigenvalue weighted by molar-refractivity contribution is -0.140. The van der Waals surface area contributed by atoms with Crippen molar-refractivity contribution in [3.8, 4) is 0 Å². The Balaban J connectivity index is 2.11. The Bertz CT molecular complexity index is 1450. The van der Waals surface area contributed by atoms with Gasteiger partial charge in [0.2, 0.25) is 21.8 Å². The van der Waals surface area contributed by atoms with E-state index in [1.54, 1.807) is 30.3 Å². The van der Waals surface area contributed by atoms with Crippen LogP contribution < -0.4 is 9.62 Å². The molecular formula is C31H38ClN3O4S. The molecule has 1 atom stereocenters. The minimum atomic E-state index is -3.84. The summed E-state index contributed by atoms with van der Waals surface area (Å²) in [5, 5.41) is 3.46. The molecule has 40 heavy (non-hydrogen) atoms. The summed E-state index contributed by atoms with van der Waals surface area (Å²) in [7, 11) is -3.84. The van der Waals surface area contributed by atoms with Crippen molar-refractivity contribution >= 4 is 39.1 Å². The van der Waals surface area contributed by atoms with Crippen LogP contribution in [0.4, 0.5) is 5.69 Å². The maximum Gasteiger partial charge on any atom is 0.244 e. The molecule has 0 saturated heterocycles. The molecule has 0 saturated carbocycles. The lowest BCUT2D eigenvalue weighted by Gasteiger charge is -2.35. The van der Waals surface area contributed by atoms with E-state index < -0.39 is 34.1 Å². The zero-order chi connectivity index (χ0) is 29.7. The molecule has 1 N–H and O–H groups in total. The molecule has 0 aromatic heterocycles. The van der Waals surface area contributed by atoms with Crippen molar-refractivity contribution in [2.45, 2.75) is 59.2 Å². The van der Waals surface area contributed by atoms with Gasteiger partial charge in [-0.3, -0.25) is 13.9 Å². The van der Waals surface area contributed by atoms with Crippen LogP contribution in [0.3, 0.4) is 0 Å². The number of carbonyl (C=O) groups is 2. The number of carbonyl (C=O) groups excluding carboxylic acids is 2. The van der Waals surface area contributed by atoms with Crippen LogP contribution in [0.1, 0.15) is 43.0 Å². The van der Waals surface area contributed by atoms with Crippen LogP contribution in [0.15, 0.2) is 72.8 Å². The number of sulfonamides is 1. The molecule has 0 spiro atoms. The summed E-state index contributed by atoms with van der Waals surface area (Å²) >= 11 is 6.49. The molecular weight excluding hydrogens is 546 g/mol. The van der Waals surface area contributed by atoms with Crippen molar-refractivity contribution in [2.75, 3.05) is 17.1 Å². The largest absolute Gasteiger partial charge is 0.350 e. The molecule has 0 aliphatic carbocycles. The van der Waals surface area contributed by atoms with Gasteiger partial charge in [0.05, 0.1) is 11.9 Å². The fraction of sp³-hybridized carbons (Fsp3) is 0.355. The second-order valence-electron chi connectivity index (χ2n) is 11.0. The van der Waals surface area contributed by atoms with Gasteiger partial charge in [0.25, 0.3) is 0 Å². The first kappa shape index (κ1) is 31.2. The van der Waals surface area contributed by atoms with Crippen molar-refractivity contribution < 1.29 is 18.0 Å². The van der Waals surface area contributed by atoms with Crippen molar-refractivity contribution in [1.29, 1.82) is 0 Å². The smallest absolute Gasteiger partial charge is 0.244 e. The summed E-state index contributed by atoms with van der Waals surface area (Å²) in [5.41, 5.74) is 3.04. The van der Waals surface area contributed by atoms with Gasteiger partial charge in [-0.15, -0.1) is 0 Å². The van der Waals surface area contributed by atoms with E-state index in [1.807, 2.05) is 77.1 Å². The third kappa shape index (κ3) is 8.32. The van der Waals surface area contributed by atoms with Crippen molar-refractivity contribution in [3.63, 3.8) is 0 Å². The molecule has 9 heteroatoms. The monoisotopic (exact) mass is 583 g/mol. The van der Waals surface area contributed by atoms with Gasteiger partial charge >= 0.3 is 0 Å². The zero-order valence-electron chi connectivity index (χ0n) is 23.9. The van der Waals surface area contributed by atoms with E-state index in [-0.39, 0.29) is 18.9 Å². The number of halogens is 1. The molecule has 214 valence electrons. The lowest BCUT2D eigenvalue weighted by Crippen LogP contribution is -2.56. The number of hydrogen-bond donors (Lipinski definition) is 1. The minimum Gasteiger partial charge on any atom is -0.350 e. The number of amides is 2. The van der Waals surface area contributed by atoms with Gasteiger partial charge in [-0.1, -0.05) is 72.3 Å². The van der Waals surface area contributed by atoms with Crippen LogP contribution in [0.25, 0.3) is 0 Å². The summed E-state index contributed by atoms with van der Waals surface area (Å²) in [5.74, 6) is -0.856. The number of rotatable bonds is 10. The first-order chi connectivity index (χ1) is 18.7. The molecule has 0 unspecified atom stereocenters. The molecule has 3 aromatic rings. The Morgan fingerprint density at radius 3 is 2.15 bits per heavy atom. The molecule has 0 aliphatic heterocycles. The Labute approximate surface area is 243 Å². The van der Waals surface area contributed by atoms with Gasteiger partial charge < -0.3 is 10.2 Å². The number of hydrogen-bond acceptors (Lipinski definition) is 4. The highest BCUT2D eigenvalue weighted by Gasteiger charge is 2.34. The fourth-order valence-electron chi connectivity index (χ4n) is 4.42. The molecule has 3 aromatic carbocycles. The molecule has 0 radical (unpaired) electrons. The van der Waals surface area contributed by atoms with E-state index in [4.69, 9.17) is 11.6 Å². The third-order valence-corrected chi connectivity index (χ3v) is 8.09. The van der Waals surface area contributed by atoms with E-state index >= 15 is 0 Å². The molecule has 0 bridgehead atoms. The van der Waals surface area contributed by atoms with Gasteiger partial charge in [0, 0.05) is 23.5 Å². The maximum atomic E-state index is 14.2. The predicted octanol–water partition coefficient (Wildman–Crippen LogP) is 5.28. The van der Waals surface area contributed by atoms with Crippen LogP contribution in [0.2, 0.25) is 5.02 Å². The first-order valence-electron chi connectivity index (χ1n) is 13.1. The summed E-state index contributed by atoms with van der Waals surface area (Å²) in [6.07, 6.45) is 1.31. The summed E-state index contributed by atoms with van der Waals surface area (Å²) in [4.78, 5) is 29.4. The summed E-state index contributed by atoms with van der Waals surface area (Å²) in [6, 6.07) is 20.9. The number of nitrogens with one attached hydrogen (secondary N) is 1. The van der Waals surface area contributed by atoms with E-state index in [9.17, 15) is 18.0 Å². The SMILES string of the molecule is Cc1cccc(N(CC(=O)N(Cc2ccccc2Cl)[C@H](Cc2ccccc2)C(=O)NC(C)(C)C)S(C)(=O)=O)c1C. The Morgan fingerprint density at radius 2 is 1.55 bits per heavy atom. The van der Waals surface area contributed by atoms with E-state index in [0.717, 1.165) is 27.3 Å². The molecule has 0 heterocycles. The van der Waals surface area contributed by atoms with Crippen molar-refractivity contribution in [1.82, 2.24) is 10.2 Å². The van der Waals surface area contributed by atoms with Crippen LogP contribution >= 0.6 is 11.6 Å². The Hall–Kier alpha value is -3.36. The van der Waals surface area contributed by atoms with Crippen LogP contribution in [-0.2, 0) is 32.6 Å². The second-order valence-corrected chi connectivity index (χ2v) is 13.4. The minimum absolute atomic E-state index is 0.0258. The summed E-state index contributed by atoms with van der Waals surface area (Å²) in [6.45, 7) is 8.88. The molecule has 7 nitrogen and oxygen atoms in total. The highest BCUT2D eigenvalue weighted by Crippen LogP contribution is 2.26. The van der Waals surface area contributed by atoms with E-state index in [0.29, 0.717) is 16.3 Å². The van der Waals surface area contributed by atoms with Crippen LogP contribution in [0, 0.1) is 13.8 Å². The highest BCUT2D eigenvalue weighted by atomic mass is 35.5. The summed E-state index contributed by atoms with van der Waals surface area (Å²) < 4.78 is 27.1. The van der Waals surface area contributed by atoms with Gasteiger partial charge in [0.15, 0.2) is 0 Å². The Morgan fingerprint density at radius 1 is 0.925 bits per heavy atom. The highest BCUT2D eigenvalue weighted by molar-refractivity contribution is 7.92. The van der Waals surface area contributed by atoms with Crippen molar-refractivity contribution in [3.05, 3.63) is 100 Å². The van der Waals surface area contributed by atoms with Crippen LogP contribution in [-0.4, -0.2) is 49.5 Å². The molecule has 3 rings (SSSR count). The predicted molar refractivity (Wildman–Crippen MR) is 162 cm³/mol. The second kappa shape index (κ2) is 12.9. The zero-order valence-corrected chi connectivity index (χ0v) is 25.5. The number of anilines is 1. The Kier molecular flexibility index (Phi) is 10.0. The quantitative estimate of drug-likeness (QED) is 0.352. The maximum absolute atomic E-state index is 14.2. The number of benzene rings is 3. The first-order valence-corrected chi connectivity index (χ1v) is 15.3. The van der Waals surface area contributed by atoms with Crippen molar-refractivity contribution in [2.24, 2.45) is 0 Å². The number of nitrogens with zero attached hydrogens (tertiary/aromatic N) is 2. The normalized spacial score (nSPS) is 12.5. The third-order valence-electron chi connectivity index (χ3n) is 6.59. The van der Waals surface area contributed by atoms with Gasteiger partial charge in [0.1, 0.15) is 12.6 Å². The lowest BCUT2D eigenvalue weighted by atomic mass is 10.0. The topological polar surface area (TPSA) is 86.8 Å². The molecule has 2 amide bonds. The fourth-order valence-corrected chi connectivity index (χ4v) is 5.51. The van der Waals surface area contributed by atoms with Gasteiger partial charge in [-0.25, -0.2) is 8.42 Å². The molecule has 0 aliphatic rings. The van der Waals surface area contributed by atoms with E-state index in [1.165, 1.54) is 4.90 Å². The van der Waals surface area contributed by atoms with Gasteiger partial charge in [-0.05, 0) is 69.0 Å². The average Bonchev–Trinajstić information content (AvgIpc) is 2.86. The van der Waals surface area contributed by atoms with Gasteiger partial charge in [-0.2, -0.15) is 0 Å². The van der Waals surface area contributed by atoms with Crippen LogP contribution in [0.5, 0.6) is 0 Å².